The molecule has 9 N–H and O–H groups in total. The molecule has 0 aromatic heterocycles. The summed E-state index contributed by atoms with van der Waals surface area (Å²) in [5, 5.41) is 44.2. The van der Waals surface area contributed by atoms with Crippen molar-refractivity contribution in [3.05, 3.63) is 29.8 Å². The molecule has 0 aliphatic carbocycles. The standard InChI is InChI=1S/C23H34N4O9/c1-12(2)9-17(23(35)36)26-22(34)18(11-28)27-21(33)16(10-13-3-5-14(29)6-4-13)25-20(32)15(24)7-8-19(30)31/h3-6,12,15-18,28-29H,7-11,24H2,1-2H3,(H,25,32)(H,26,34)(H,27,33)(H,30,31)(H,35,36). The van der Waals surface area contributed by atoms with Gasteiger partial charge in [0.15, 0.2) is 0 Å². The van der Waals surface area contributed by atoms with Crippen LogP contribution in [0.15, 0.2) is 24.3 Å². The maximum atomic E-state index is 13.0. The van der Waals surface area contributed by atoms with Gasteiger partial charge in [0, 0.05) is 12.8 Å². The van der Waals surface area contributed by atoms with Crippen LogP contribution in [-0.2, 0) is 30.4 Å². The first-order valence-electron chi connectivity index (χ1n) is 11.3. The molecule has 3 amide bonds. The van der Waals surface area contributed by atoms with Crippen LogP contribution in [0.5, 0.6) is 5.75 Å². The number of aliphatic carboxylic acids is 2. The van der Waals surface area contributed by atoms with E-state index < -0.39 is 60.4 Å². The fourth-order valence-electron chi connectivity index (χ4n) is 3.20. The first kappa shape index (κ1) is 30.3. The fourth-order valence-corrected chi connectivity index (χ4v) is 3.20. The molecule has 0 spiro atoms. The predicted molar refractivity (Wildman–Crippen MR) is 127 cm³/mol. The molecule has 0 fully saturated rings. The van der Waals surface area contributed by atoms with Gasteiger partial charge in [-0.2, -0.15) is 0 Å². The number of aliphatic hydroxyl groups excluding tert-OH is 1. The number of phenolic OH excluding ortho intramolecular Hbond substituents is 1. The van der Waals surface area contributed by atoms with Gasteiger partial charge in [-0.25, -0.2) is 4.79 Å². The molecule has 0 radical (unpaired) electrons. The van der Waals surface area contributed by atoms with Gasteiger partial charge in [0.25, 0.3) is 0 Å². The quantitative estimate of drug-likeness (QED) is 0.139. The van der Waals surface area contributed by atoms with E-state index in [1.165, 1.54) is 24.3 Å². The molecule has 1 aromatic carbocycles. The number of rotatable bonds is 15. The second kappa shape index (κ2) is 14.6. The molecule has 0 saturated carbocycles. The van der Waals surface area contributed by atoms with Crippen LogP contribution in [0.2, 0.25) is 0 Å². The van der Waals surface area contributed by atoms with Gasteiger partial charge < -0.3 is 42.1 Å². The second-order valence-corrected chi connectivity index (χ2v) is 8.74. The Morgan fingerprint density at radius 1 is 0.861 bits per heavy atom. The number of carboxylic acids is 2. The maximum Gasteiger partial charge on any atom is 0.326 e. The number of phenols is 1. The summed E-state index contributed by atoms with van der Waals surface area (Å²) < 4.78 is 0. The average molecular weight is 511 g/mol. The van der Waals surface area contributed by atoms with Crippen LogP contribution in [-0.4, -0.2) is 80.9 Å². The van der Waals surface area contributed by atoms with Gasteiger partial charge >= 0.3 is 11.9 Å². The summed E-state index contributed by atoms with van der Waals surface area (Å²) in [7, 11) is 0. The largest absolute Gasteiger partial charge is 0.508 e. The van der Waals surface area contributed by atoms with Gasteiger partial charge in [0.2, 0.25) is 17.7 Å². The van der Waals surface area contributed by atoms with Crippen molar-refractivity contribution >= 4 is 29.7 Å². The van der Waals surface area contributed by atoms with Crippen LogP contribution in [0.1, 0.15) is 38.7 Å². The van der Waals surface area contributed by atoms with Crippen LogP contribution in [0.3, 0.4) is 0 Å². The molecule has 1 rings (SSSR count). The lowest BCUT2D eigenvalue weighted by molar-refractivity contribution is -0.143. The lowest BCUT2D eigenvalue weighted by atomic mass is 10.0. The molecule has 200 valence electrons. The van der Waals surface area contributed by atoms with Crippen LogP contribution < -0.4 is 21.7 Å². The molecule has 0 aliphatic heterocycles. The number of nitrogens with two attached hydrogens (primary N) is 1. The number of nitrogens with one attached hydrogen (secondary N) is 3. The summed E-state index contributed by atoms with van der Waals surface area (Å²) >= 11 is 0. The van der Waals surface area contributed by atoms with Crippen LogP contribution in [0.25, 0.3) is 0 Å². The minimum atomic E-state index is -1.51. The van der Waals surface area contributed by atoms with Crippen molar-refractivity contribution in [2.45, 2.75) is 63.7 Å². The van der Waals surface area contributed by atoms with Crippen LogP contribution in [0.4, 0.5) is 0 Å². The lowest BCUT2D eigenvalue weighted by Crippen LogP contribution is -2.58. The van der Waals surface area contributed by atoms with Crippen molar-refractivity contribution in [1.82, 2.24) is 16.0 Å². The van der Waals surface area contributed by atoms with Gasteiger partial charge in [0.05, 0.1) is 12.6 Å². The summed E-state index contributed by atoms with van der Waals surface area (Å²) in [5.74, 6) is -5.09. The number of benzene rings is 1. The minimum Gasteiger partial charge on any atom is -0.508 e. The van der Waals surface area contributed by atoms with E-state index in [0.717, 1.165) is 0 Å². The molecule has 0 bridgehead atoms. The highest BCUT2D eigenvalue weighted by Gasteiger charge is 2.30. The van der Waals surface area contributed by atoms with E-state index in [9.17, 15) is 39.3 Å². The van der Waals surface area contributed by atoms with E-state index in [1.807, 2.05) is 0 Å². The Hall–Kier alpha value is -3.71. The third kappa shape index (κ3) is 10.7. The molecule has 13 heteroatoms. The molecular weight excluding hydrogens is 476 g/mol. The highest BCUT2D eigenvalue weighted by Crippen LogP contribution is 2.12. The lowest BCUT2D eigenvalue weighted by Gasteiger charge is -2.24. The van der Waals surface area contributed by atoms with E-state index in [1.54, 1.807) is 13.8 Å². The Kier molecular flexibility index (Phi) is 12.3. The maximum absolute atomic E-state index is 13.0. The SMILES string of the molecule is CC(C)CC(NC(=O)C(CO)NC(=O)C(Cc1ccc(O)cc1)NC(=O)C(N)CCC(=O)O)C(=O)O. The zero-order valence-electron chi connectivity index (χ0n) is 20.1. The molecule has 4 unspecified atom stereocenters. The van der Waals surface area contributed by atoms with E-state index >= 15 is 0 Å². The molecular formula is C23H34N4O9. The molecule has 0 aliphatic rings. The van der Waals surface area contributed by atoms with Crippen molar-refractivity contribution in [2.24, 2.45) is 11.7 Å². The topological polar surface area (TPSA) is 228 Å². The number of carboxylic acid groups (broad SMARTS) is 2. The summed E-state index contributed by atoms with van der Waals surface area (Å²) in [4.78, 5) is 60.2. The monoisotopic (exact) mass is 510 g/mol. The molecule has 1 aromatic rings. The number of hydrogen-bond acceptors (Lipinski definition) is 8. The van der Waals surface area contributed by atoms with Gasteiger partial charge in [-0.3, -0.25) is 19.2 Å². The fraction of sp³-hybridized carbons (Fsp3) is 0.522. The van der Waals surface area contributed by atoms with Crippen molar-refractivity contribution in [3.63, 3.8) is 0 Å². The van der Waals surface area contributed by atoms with E-state index in [4.69, 9.17) is 10.8 Å². The Morgan fingerprint density at radius 3 is 1.89 bits per heavy atom. The van der Waals surface area contributed by atoms with Crippen molar-refractivity contribution < 1.29 is 44.4 Å². The van der Waals surface area contributed by atoms with Crippen molar-refractivity contribution in [2.75, 3.05) is 6.61 Å². The Labute approximate surface area is 208 Å². The molecule has 0 heterocycles. The zero-order valence-corrected chi connectivity index (χ0v) is 20.1. The average Bonchev–Trinajstić information content (AvgIpc) is 2.80. The highest BCUT2D eigenvalue weighted by atomic mass is 16.4. The molecule has 4 atom stereocenters. The van der Waals surface area contributed by atoms with Gasteiger partial charge in [-0.05, 0) is 36.5 Å². The predicted octanol–water partition coefficient (Wildman–Crippen LogP) is -1.30. The first-order chi connectivity index (χ1) is 16.8. The second-order valence-electron chi connectivity index (χ2n) is 8.74. The number of carbonyl (C=O) groups is 5. The molecule has 36 heavy (non-hydrogen) atoms. The number of aromatic hydroxyl groups is 1. The number of carbonyl (C=O) groups excluding carboxylic acids is 3. The van der Waals surface area contributed by atoms with Gasteiger partial charge in [-0.15, -0.1) is 0 Å². The van der Waals surface area contributed by atoms with Crippen LogP contribution in [0, 0.1) is 5.92 Å². The minimum absolute atomic E-state index is 0.0223. The smallest absolute Gasteiger partial charge is 0.326 e. The normalized spacial score (nSPS) is 14.2. The van der Waals surface area contributed by atoms with Gasteiger partial charge in [-0.1, -0.05) is 26.0 Å². The Balaban J connectivity index is 3.01. The summed E-state index contributed by atoms with van der Waals surface area (Å²) in [6.45, 7) is 2.69. The van der Waals surface area contributed by atoms with E-state index in [-0.39, 0.29) is 37.4 Å². The van der Waals surface area contributed by atoms with Crippen LogP contribution >= 0.6 is 0 Å². The first-order valence-corrected chi connectivity index (χ1v) is 11.3. The number of aliphatic hydroxyl groups is 1. The Bertz CT molecular complexity index is 921. The molecule has 0 saturated heterocycles. The van der Waals surface area contributed by atoms with E-state index in [2.05, 4.69) is 16.0 Å². The van der Waals surface area contributed by atoms with E-state index in [0.29, 0.717) is 5.56 Å². The third-order valence-corrected chi connectivity index (χ3v) is 5.15. The summed E-state index contributed by atoms with van der Waals surface area (Å²) in [6, 6.07) is 0.503. The Morgan fingerprint density at radius 2 is 1.39 bits per heavy atom. The number of hydrogen-bond donors (Lipinski definition) is 8. The molecule has 13 nitrogen and oxygen atoms in total. The highest BCUT2D eigenvalue weighted by molar-refractivity contribution is 5.94. The summed E-state index contributed by atoms with van der Waals surface area (Å²) in [6.07, 6.45) is -0.505. The zero-order chi connectivity index (χ0) is 27.4. The van der Waals surface area contributed by atoms with Gasteiger partial charge in [0.1, 0.15) is 23.9 Å². The van der Waals surface area contributed by atoms with Crippen molar-refractivity contribution in [1.29, 1.82) is 0 Å². The third-order valence-electron chi connectivity index (χ3n) is 5.15. The number of amides is 3. The van der Waals surface area contributed by atoms with Crippen molar-refractivity contribution in [3.8, 4) is 5.75 Å². The summed E-state index contributed by atoms with van der Waals surface area (Å²) in [5.41, 5.74) is 6.25.